The van der Waals surface area contributed by atoms with Gasteiger partial charge in [0.1, 0.15) is 5.76 Å². The van der Waals surface area contributed by atoms with Crippen LogP contribution in [0.3, 0.4) is 0 Å². The minimum atomic E-state index is -0.448. The molecule has 1 aromatic carbocycles. The minimum absolute atomic E-state index is 0.220. The smallest absolute Gasteiger partial charge is 0.373 e. The van der Waals surface area contributed by atoms with Gasteiger partial charge in [0.25, 0.3) is 0 Å². The van der Waals surface area contributed by atoms with E-state index in [1.807, 2.05) is 18.2 Å². The molecule has 0 spiro atoms. The Kier molecular flexibility index (Phi) is 6.29. The van der Waals surface area contributed by atoms with Gasteiger partial charge in [0, 0.05) is 6.54 Å². The minimum Gasteiger partial charge on any atom is -0.469 e. The molecule has 6 heteroatoms. The molecular formula is C21H25NO5. The lowest BCUT2D eigenvalue weighted by molar-refractivity contribution is -0.139. The molecule has 0 amide bonds. The zero-order valence-corrected chi connectivity index (χ0v) is 15.8. The van der Waals surface area contributed by atoms with Crippen LogP contribution >= 0.6 is 0 Å². The van der Waals surface area contributed by atoms with Crippen molar-refractivity contribution in [3.8, 4) is 0 Å². The number of ether oxygens (including phenoxy) is 2. The number of carbonyl (C=O) groups is 2. The summed E-state index contributed by atoms with van der Waals surface area (Å²) in [5.41, 5.74) is 2.25. The van der Waals surface area contributed by atoms with Crippen LogP contribution in [0.5, 0.6) is 0 Å². The number of carbonyl (C=O) groups excluding carboxylic acids is 2. The number of methoxy groups -OCH3 is 2. The van der Waals surface area contributed by atoms with Crippen LogP contribution in [0, 0.1) is 5.92 Å². The third kappa shape index (κ3) is 5.20. The average molecular weight is 371 g/mol. The van der Waals surface area contributed by atoms with Gasteiger partial charge in [-0.25, -0.2) is 4.79 Å². The Morgan fingerprint density at radius 1 is 1.07 bits per heavy atom. The van der Waals surface area contributed by atoms with Crippen molar-refractivity contribution < 1.29 is 23.5 Å². The molecule has 1 unspecified atom stereocenters. The molecular weight excluding hydrogens is 346 g/mol. The monoisotopic (exact) mass is 371 g/mol. The van der Waals surface area contributed by atoms with Crippen molar-refractivity contribution in [3.63, 3.8) is 0 Å². The van der Waals surface area contributed by atoms with E-state index < -0.39 is 5.97 Å². The van der Waals surface area contributed by atoms with Gasteiger partial charge in [-0.15, -0.1) is 0 Å². The summed E-state index contributed by atoms with van der Waals surface area (Å²) in [4.78, 5) is 25.1. The van der Waals surface area contributed by atoms with Gasteiger partial charge in [-0.1, -0.05) is 24.3 Å². The maximum Gasteiger partial charge on any atom is 0.373 e. The Hall–Kier alpha value is -2.60. The van der Waals surface area contributed by atoms with Crippen molar-refractivity contribution in [2.24, 2.45) is 5.92 Å². The Labute approximate surface area is 159 Å². The predicted octanol–water partition coefficient (Wildman–Crippen LogP) is 2.85. The summed E-state index contributed by atoms with van der Waals surface area (Å²) in [6.07, 6.45) is 2.46. The fourth-order valence-corrected chi connectivity index (χ4v) is 3.48. The molecule has 2 aromatic rings. The van der Waals surface area contributed by atoms with Crippen LogP contribution in [0.2, 0.25) is 0 Å². The largest absolute Gasteiger partial charge is 0.469 e. The van der Waals surface area contributed by atoms with E-state index in [-0.39, 0.29) is 11.7 Å². The molecule has 3 rings (SSSR count). The van der Waals surface area contributed by atoms with E-state index in [4.69, 9.17) is 9.15 Å². The molecule has 144 valence electrons. The topological polar surface area (TPSA) is 69.0 Å². The van der Waals surface area contributed by atoms with Crippen LogP contribution in [0.4, 0.5) is 0 Å². The van der Waals surface area contributed by atoms with Gasteiger partial charge in [0.15, 0.2) is 0 Å². The highest BCUT2D eigenvalue weighted by molar-refractivity contribution is 5.86. The van der Waals surface area contributed by atoms with Crippen LogP contribution in [0.15, 0.2) is 40.8 Å². The number of hydrogen-bond donors (Lipinski definition) is 0. The van der Waals surface area contributed by atoms with Crippen molar-refractivity contribution in [2.75, 3.05) is 27.3 Å². The lowest BCUT2D eigenvalue weighted by atomic mass is 9.97. The summed E-state index contributed by atoms with van der Waals surface area (Å²) in [5, 5.41) is 0. The summed E-state index contributed by atoms with van der Waals surface area (Å²) in [6, 6.07) is 11.7. The summed E-state index contributed by atoms with van der Waals surface area (Å²) in [6.45, 7) is 2.71. The fraction of sp³-hybridized carbons (Fsp3) is 0.429. The summed E-state index contributed by atoms with van der Waals surface area (Å²) in [7, 11) is 2.75. The molecule has 0 radical (unpaired) electrons. The second kappa shape index (κ2) is 8.86. The Morgan fingerprint density at radius 3 is 2.52 bits per heavy atom. The van der Waals surface area contributed by atoms with Crippen molar-refractivity contribution in [1.29, 1.82) is 0 Å². The second-order valence-electron chi connectivity index (χ2n) is 6.92. The molecule has 1 atom stereocenters. The second-order valence-corrected chi connectivity index (χ2v) is 6.92. The Bertz CT molecular complexity index is 780. The Morgan fingerprint density at radius 2 is 1.81 bits per heavy atom. The van der Waals surface area contributed by atoms with Gasteiger partial charge in [0.2, 0.25) is 5.76 Å². The van der Waals surface area contributed by atoms with E-state index in [1.54, 1.807) is 6.07 Å². The van der Waals surface area contributed by atoms with Gasteiger partial charge >= 0.3 is 11.9 Å². The number of benzene rings is 1. The number of hydrogen-bond acceptors (Lipinski definition) is 6. The quantitative estimate of drug-likeness (QED) is 0.697. The maximum absolute atomic E-state index is 11.5. The lowest BCUT2D eigenvalue weighted by Crippen LogP contribution is -2.20. The molecule has 0 N–H and O–H groups in total. The van der Waals surface area contributed by atoms with Crippen LogP contribution in [-0.2, 0) is 33.7 Å². The number of furan rings is 1. The van der Waals surface area contributed by atoms with Gasteiger partial charge in [-0.05, 0) is 48.6 Å². The fourth-order valence-electron chi connectivity index (χ4n) is 3.48. The first-order chi connectivity index (χ1) is 13.1. The molecule has 2 heterocycles. The number of likely N-dealkylation sites (tertiary alicyclic amines) is 1. The molecule has 0 bridgehead atoms. The number of esters is 2. The summed E-state index contributed by atoms with van der Waals surface area (Å²) < 4.78 is 14.9. The highest BCUT2D eigenvalue weighted by Crippen LogP contribution is 2.23. The maximum atomic E-state index is 11.5. The first-order valence-corrected chi connectivity index (χ1v) is 9.11. The van der Waals surface area contributed by atoms with E-state index in [2.05, 4.69) is 21.8 Å². The zero-order chi connectivity index (χ0) is 19.2. The number of nitrogens with zero attached hydrogens (tertiary/aromatic N) is 1. The van der Waals surface area contributed by atoms with Crippen LogP contribution in [0.1, 0.15) is 33.9 Å². The van der Waals surface area contributed by atoms with Crippen LogP contribution < -0.4 is 0 Å². The average Bonchev–Trinajstić information content (AvgIpc) is 3.32. The van der Waals surface area contributed by atoms with Gasteiger partial charge < -0.3 is 13.9 Å². The van der Waals surface area contributed by atoms with E-state index >= 15 is 0 Å². The molecule has 1 aromatic heterocycles. The molecule has 1 saturated heterocycles. The Balaban J connectivity index is 1.49. The molecule has 1 fully saturated rings. The van der Waals surface area contributed by atoms with Crippen LogP contribution in [-0.4, -0.2) is 44.1 Å². The molecule has 0 aliphatic carbocycles. The first kappa shape index (κ1) is 19.2. The highest BCUT2D eigenvalue weighted by atomic mass is 16.5. The molecule has 0 saturated carbocycles. The predicted molar refractivity (Wildman–Crippen MR) is 99.3 cm³/mol. The SMILES string of the molecule is COC(=O)Cc1ccc(CC2CCN(Cc3ccc(C(=O)OC)o3)C2)cc1. The van der Waals surface area contributed by atoms with Gasteiger partial charge in [-0.2, -0.15) is 0 Å². The van der Waals surface area contributed by atoms with Crippen molar-refractivity contribution in [1.82, 2.24) is 4.90 Å². The van der Waals surface area contributed by atoms with Crippen molar-refractivity contribution in [2.45, 2.75) is 25.8 Å². The molecule has 1 aliphatic heterocycles. The van der Waals surface area contributed by atoms with Crippen molar-refractivity contribution >= 4 is 11.9 Å². The van der Waals surface area contributed by atoms with Crippen LogP contribution in [0.25, 0.3) is 0 Å². The third-order valence-electron chi connectivity index (χ3n) is 4.92. The molecule has 1 aliphatic rings. The first-order valence-electron chi connectivity index (χ1n) is 9.11. The lowest BCUT2D eigenvalue weighted by Gasteiger charge is -2.14. The van der Waals surface area contributed by atoms with Gasteiger partial charge in [-0.3, -0.25) is 9.69 Å². The van der Waals surface area contributed by atoms with Crippen molar-refractivity contribution in [3.05, 3.63) is 59.0 Å². The van der Waals surface area contributed by atoms with E-state index in [1.165, 1.54) is 19.8 Å². The van der Waals surface area contributed by atoms with Gasteiger partial charge in [0.05, 0.1) is 27.2 Å². The van der Waals surface area contributed by atoms with E-state index in [0.717, 1.165) is 37.3 Å². The molecule has 6 nitrogen and oxygen atoms in total. The number of rotatable bonds is 7. The van der Waals surface area contributed by atoms with E-state index in [9.17, 15) is 9.59 Å². The molecule has 27 heavy (non-hydrogen) atoms. The normalized spacial score (nSPS) is 17.0. The summed E-state index contributed by atoms with van der Waals surface area (Å²) >= 11 is 0. The summed E-state index contributed by atoms with van der Waals surface area (Å²) in [5.74, 6) is 0.948. The zero-order valence-electron chi connectivity index (χ0n) is 15.8. The third-order valence-corrected chi connectivity index (χ3v) is 4.92. The standard InChI is InChI=1S/C21H25NO5/c1-25-20(23)12-16-5-3-15(4-6-16)11-17-9-10-22(13-17)14-18-7-8-19(27-18)21(24)26-2/h3-8,17H,9-14H2,1-2H3. The van der Waals surface area contributed by atoms with E-state index in [0.29, 0.717) is 18.9 Å². The highest BCUT2D eigenvalue weighted by Gasteiger charge is 2.24.